The molecule has 4 nitrogen and oxygen atoms in total. The molecule has 0 amide bonds. The van der Waals surface area contributed by atoms with Crippen molar-refractivity contribution in [1.82, 2.24) is 14.5 Å². The van der Waals surface area contributed by atoms with Crippen molar-refractivity contribution in [2.45, 2.75) is 6.54 Å². The second-order valence-electron chi connectivity index (χ2n) is 3.86. The van der Waals surface area contributed by atoms with E-state index in [9.17, 15) is 4.79 Å². The standard InChI is InChI=1S/C11H14BrN3O/c1-13-6-7-4-9-10(5-8(7)12)15(3)11(16)14(9)2/h4-5,13H,6H2,1-3H3. The average molecular weight is 284 g/mol. The summed E-state index contributed by atoms with van der Waals surface area (Å²) in [6, 6.07) is 4.03. The van der Waals surface area contributed by atoms with Gasteiger partial charge in [-0.15, -0.1) is 0 Å². The van der Waals surface area contributed by atoms with Crippen molar-refractivity contribution in [1.29, 1.82) is 0 Å². The average Bonchev–Trinajstić information content (AvgIpc) is 2.46. The van der Waals surface area contributed by atoms with E-state index in [-0.39, 0.29) is 5.69 Å². The Balaban J connectivity index is 2.79. The monoisotopic (exact) mass is 283 g/mol. The minimum absolute atomic E-state index is 0.00325. The van der Waals surface area contributed by atoms with Crippen LogP contribution in [-0.4, -0.2) is 16.2 Å². The van der Waals surface area contributed by atoms with Gasteiger partial charge in [0.1, 0.15) is 0 Å². The predicted octanol–water partition coefficient (Wildman–Crippen LogP) is 1.36. The second-order valence-corrected chi connectivity index (χ2v) is 4.72. The summed E-state index contributed by atoms with van der Waals surface area (Å²) in [5.74, 6) is 0. The Hall–Kier alpha value is -1.07. The Morgan fingerprint density at radius 2 is 1.81 bits per heavy atom. The van der Waals surface area contributed by atoms with Crippen molar-refractivity contribution in [2.24, 2.45) is 14.1 Å². The van der Waals surface area contributed by atoms with Gasteiger partial charge in [-0.1, -0.05) is 15.9 Å². The molecule has 1 aromatic heterocycles. The van der Waals surface area contributed by atoms with Crippen molar-refractivity contribution in [3.8, 4) is 0 Å². The highest BCUT2D eigenvalue weighted by atomic mass is 79.9. The molecule has 0 fully saturated rings. The number of nitrogens with zero attached hydrogens (tertiary/aromatic N) is 2. The van der Waals surface area contributed by atoms with Gasteiger partial charge in [0.25, 0.3) is 0 Å². The minimum atomic E-state index is 0.00325. The van der Waals surface area contributed by atoms with E-state index in [1.807, 2.05) is 19.2 Å². The molecule has 2 rings (SSSR count). The fourth-order valence-corrected chi connectivity index (χ4v) is 2.36. The summed E-state index contributed by atoms with van der Waals surface area (Å²) >= 11 is 3.52. The lowest BCUT2D eigenvalue weighted by molar-refractivity contribution is 0.794. The fraction of sp³-hybridized carbons (Fsp3) is 0.364. The summed E-state index contributed by atoms with van der Waals surface area (Å²) in [5.41, 5.74) is 3.06. The Morgan fingerprint density at radius 3 is 2.38 bits per heavy atom. The first-order chi connectivity index (χ1) is 7.56. The van der Waals surface area contributed by atoms with Crippen LogP contribution >= 0.6 is 15.9 Å². The molecular weight excluding hydrogens is 270 g/mol. The minimum Gasteiger partial charge on any atom is -0.316 e. The molecular formula is C11H14BrN3O. The van der Waals surface area contributed by atoms with Crippen LogP contribution in [-0.2, 0) is 20.6 Å². The van der Waals surface area contributed by atoms with E-state index in [4.69, 9.17) is 0 Å². The number of benzene rings is 1. The zero-order valence-corrected chi connectivity index (χ0v) is 11.1. The van der Waals surface area contributed by atoms with E-state index in [2.05, 4.69) is 21.2 Å². The fourth-order valence-electron chi connectivity index (χ4n) is 1.89. The van der Waals surface area contributed by atoms with Crippen LogP contribution in [0.3, 0.4) is 0 Å². The molecule has 0 radical (unpaired) electrons. The number of hydrogen-bond acceptors (Lipinski definition) is 2. The van der Waals surface area contributed by atoms with Gasteiger partial charge < -0.3 is 5.32 Å². The molecule has 16 heavy (non-hydrogen) atoms. The number of imidazole rings is 1. The smallest absolute Gasteiger partial charge is 0.316 e. The normalized spacial score (nSPS) is 11.2. The number of fused-ring (bicyclic) bond motifs is 1. The van der Waals surface area contributed by atoms with E-state index >= 15 is 0 Å². The van der Waals surface area contributed by atoms with Crippen LogP contribution in [0.2, 0.25) is 0 Å². The van der Waals surface area contributed by atoms with E-state index in [0.717, 1.165) is 27.6 Å². The number of hydrogen-bond donors (Lipinski definition) is 1. The summed E-state index contributed by atoms with van der Waals surface area (Å²) < 4.78 is 4.35. The quantitative estimate of drug-likeness (QED) is 0.904. The molecule has 2 aromatic rings. The van der Waals surface area contributed by atoms with Crippen LogP contribution in [0.5, 0.6) is 0 Å². The van der Waals surface area contributed by atoms with Crippen molar-refractivity contribution in [3.05, 3.63) is 32.7 Å². The summed E-state index contributed by atoms with van der Waals surface area (Å²) in [6.07, 6.45) is 0. The molecule has 0 saturated carbocycles. The number of halogens is 1. The van der Waals surface area contributed by atoms with E-state index < -0.39 is 0 Å². The first-order valence-electron chi connectivity index (χ1n) is 5.04. The molecule has 1 N–H and O–H groups in total. The van der Waals surface area contributed by atoms with Crippen LogP contribution in [0.4, 0.5) is 0 Å². The molecule has 0 spiro atoms. The summed E-state index contributed by atoms with van der Waals surface area (Å²) in [6.45, 7) is 0.777. The zero-order valence-electron chi connectivity index (χ0n) is 9.54. The first kappa shape index (κ1) is 11.4. The highest BCUT2D eigenvalue weighted by Gasteiger charge is 2.10. The highest BCUT2D eigenvalue weighted by Crippen LogP contribution is 2.23. The SMILES string of the molecule is CNCc1cc2c(cc1Br)n(C)c(=O)n2C. The lowest BCUT2D eigenvalue weighted by Crippen LogP contribution is -2.19. The van der Waals surface area contributed by atoms with Crippen LogP contribution in [0.15, 0.2) is 21.4 Å². The van der Waals surface area contributed by atoms with E-state index in [1.165, 1.54) is 0 Å². The largest absolute Gasteiger partial charge is 0.328 e. The number of aromatic nitrogens is 2. The van der Waals surface area contributed by atoms with Gasteiger partial charge in [-0.05, 0) is 24.7 Å². The third kappa shape index (κ3) is 1.60. The van der Waals surface area contributed by atoms with Crippen LogP contribution in [0.1, 0.15) is 5.56 Å². The van der Waals surface area contributed by atoms with Gasteiger partial charge in [0.15, 0.2) is 0 Å². The molecule has 0 unspecified atom stereocenters. The number of nitrogens with one attached hydrogen (secondary N) is 1. The number of aryl methyl sites for hydroxylation is 2. The van der Waals surface area contributed by atoms with Crippen molar-refractivity contribution in [2.75, 3.05) is 7.05 Å². The van der Waals surface area contributed by atoms with Crippen molar-refractivity contribution >= 4 is 27.0 Å². The molecule has 5 heteroatoms. The van der Waals surface area contributed by atoms with Gasteiger partial charge >= 0.3 is 5.69 Å². The summed E-state index contributed by atoms with van der Waals surface area (Å²) in [7, 11) is 5.48. The third-order valence-corrected chi connectivity index (χ3v) is 3.55. The Bertz CT molecular complexity index is 597. The topological polar surface area (TPSA) is 39.0 Å². The lowest BCUT2D eigenvalue weighted by atomic mass is 10.2. The molecule has 86 valence electrons. The third-order valence-electron chi connectivity index (χ3n) is 2.81. The van der Waals surface area contributed by atoms with Gasteiger partial charge in [-0.3, -0.25) is 9.13 Å². The first-order valence-corrected chi connectivity index (χ1v) is 5.84. The van der Waals surface area contributed by atoms with Gasteiger partial charge in [-0.2, -0.15) is 0 Å². The second kappa shape index (κ2) is 4.07. The van der Waals surface area contributed by atoms with Gasteiger partial charge in [0.2, 0.25) is 0 Å². The highest BCUT2D eigenvalue weighted by molar-refractivity contribution is 9.10. The molecule has 0 atom stereocenters. The van der Waals surface area contributed by atoms with Gasteiger partial charge in [0, 0.05) is 25.1 Å². The zero-order chi connectivity index (χ0) is 11.9. The maximum Gasteiger partial charge on any atom is 0.328 e. The molecule has 0 aliphatic carbocycles. The molecule has 0 aliphatic rings. The van der Waals surface area contributed by atoms with Crippen molar-refractivity contribution < 1.29 is 0 Å². The molecule has 0 bridgehead atoms. The van der Waals surface area contributed by atoms with E-state index in [1.54, 1.807) is 23.2 Å². The van der Waals surface area contributed by atoms with E-state index in [0.29, 0.717) is 0 Å². The lowest BCUT2D eigenvalue weighted by Gasteiger charge is -2.05. The molecule has 1 aromatic carbocycles. The Kier molecular flexibility index (Phi) is 2.90. The van der Waals surface area contributed by atoms with Crippen LogP contribution < -0.4 is 11.0 Å². The Labute approximate surface area is 102 Å². The van der Waals surface area contributed by atoms with Crippen molar-refractivity contribution in [3.63, 3.8) is 0 Å². The van der Waals surface area contributed by atoms with Gasteiger partial charge in [-0.25, -0.2) is 4.79 Å². The van der Waals surface area contributed by atoms with Crippen LogP contribution in [0, 0.1) is 0 Å². The van der Waals surface area contributed by atoms with Crippen LogP contribution in [0.25, 0.3) is 11.0 Å². The predicted molar refractivity (Wildman–Crippen MR) is 68.6 cm³/mol. The Morgan fingerprint density at radius 1 is 1.25 bits per heavy atom. The molecule has 0 aliphatic heterocycles. The summed E-state index contributed by atoms with van der Waals surface area (Å²) in [5, 5.41) is 3.11. The summed E-state index contributed by atoms with van der Waals surface area (Å²) in [4.78, 5) is 11.8. The maximum atomic E-state index is 11.8. The van der Waals surface area contributed by atoms with Gasteiger partial charge in [0.05, 0.1) is 11.0 Å². The maximum absolute atomic E-state index is 11.8. The molecule has 1 heterocycles. The molecule has 0 saturated heterocycles. The number of rotatable bonds is 2.